The maximum absolute atomic E-state index is 12.5. The molecule has 1 aliphatic heterocycles. The lowest BCUT2D eigenvalue weighted by Gasteiger charge is -2.19. The van der Waals surface area contributed by atoms with Crippen molar-refractivity contribution in [1.29, 1.82) is 0 Å². The van der Waals surface area contributed by atoms with Gasteiger partial charge in [0.15, 0.2) is 17.0 Å². The molecule has 160 valence electrons. The Bertz CT molecular complexity index is 780. The summed E-state index contributed by atoms with van der Waals surface area (Å²) in [6.45, 7) is 6.02. The summed E-state index contributed by atoms with van der Waals surface area (Å²) in [4.78, 5) is 30.6. The van der Waals surface area contributed by atoms with Crippen molar-refractivity contribution in [1.82, 2.24) is 4.90 Å². The van der Waals surface area contributed by atoms with E-state index < -0.39 is 11.6 Å². The molecule has 0 N–H and O–H groups in total. The second-order valence-corrected chi connectivity index (χ2v) is 8.13. The summed E-state index contributed by atoms with van der Waals surface area (Å²) >= 11 is 1.41. The zero-order chi connectivity index (χ0) is 21.6. The van der Waals surface area contributed by atoms with Gasteiger partial charge in [-0.15, -0.1) is 11.8 Å². The molecule has 0 spiro atoms. The van der Waals surface area contributed by atoms with Crippen molar-refractivity contribution in [2.45, 2.75) is 32.4 Å². The highest BCUT2D eigenvalue weighted by Crippen LogP contribution is 2.39. The van der Waals surface area contributed by atoms with Gasteiger partial charge in [-0.05, 0) is 32.9 Å². The average Bonchev–Trinajstić information content (AvgIpc) is 3.06. The Labute approximate surface area is 175 Å². The van der Waals surface area contributed by atoms with Gasteiger partial charge in [0.2, 0.25) is 0 Å². The Balaban J connectivity index is 2.40. The minimum absolute atomic E-state index is 0.224. The Morgan fingerprint density at radius 1 is 1.28 bits per heavy atom. The first-order chi connectivity index (χ1) is 13.7. The number of aliphatic imine (C=N–C) groups is 1. The maximum Gasteiger partial charge on any atom is 0.414 e. The van der Waals surface area contributed by atoms with Crippen LogP contribution in [0.2, 0.25) is 0 Å². The topological polar surface area (TPSA) is 86.7 Å². The van der Waals surface area contributed by atoms with Crippen LogP contribution in [0.15, 0.2) is 23.2 Å². The van der Waals surface area contributed by atoms with E-state index >= 15 is 0 Å². The van der Waals surface area contributed by atoms with Crippen LogP contribution in [0.1, 0.15) is 26.3 Å². The molecule has 0 fully saturated rings. The van der Waals surface area contributed by atoms with Crippen LogP contribution in [0.25, 0.3) is 0 Å². The molecular formula is C20H28N2O6S. The molecule has 0 saturated carbocycles. The van der Waals surface area contributed by atoms with Crippen molar-refractivity contribution in [3.8, 4) is 11.5 Å². The van der Waals surface area contributed by atoms with Crippen LogP contribution in [0.3, 0.4) is 0 Å². The third-order valence-corrected chi connectivity index (χ3v) is 5.22. The van der Waals surface area contributed by atoms with Crippen LogP contribution in [0.5, 0.6) is 11.5 Å². The molecule has 1 aromatic rings. The van der Waals surface area contributed by atoms with Crippen LogP contribution in [-0.2, 0) is 14.3 Å². The molecule has 1 heterocycles. The largest absolute Gasteiger partial charge is 0.487 e. The fourth-order valence-corrected chi connectivity index (χ4v) is 3.58. The highest BCUT2D eigenvalue weighted by atomic mass is 32.2. The van der Waals surface area contributed by atoms with Gasteiger partial charge in [0.25, 0.3) is 0 Å². The van der Waals surface area contributed by atoms with Crippen molar-refractivity contribution in [3.63, 3.8) is 0 Å². The quantitative estimate of drug-likeness (QED) is 0.468. The SMILES string of the molecule is COCCOc1cccc(C2=N[C@@](C)(C(=O)OC(C)C)CS2)c1OC(=O)N(C)C. The molecule has 0 aromatic heterocycles. The minimum atomic E-state index is -1.000. The van der Waals surface area contributed by atoms with E-state index in [0.29, 0.717) is 35.3 Å². The van der Waals surface area contributed by atoms with Crippen molar-refractivity contribution in [3.05, 3.63) is 23.8 Å². The van der Waals surface area contributed by atoms with Crippen molar-refractivity contribution in [2.24, 2.45) is 4.99 Å². The average molecular weight is 425 g/mol. The van der Waals surface area contributed by atoms with Gasteiger partial charge in [0, 0.05) is 27.0 Å². The number of carbonyl (C=O) groups is 2. The smallest absolute Gasteiger partial charge is 0.414 e. The summed E-state index contributed by atoms with van der Waals surface area (Å²) in [7, 11) is 4.77. The molecule has 8 nitrogen and oxygen atoms in total. The lowest BCUT2D eigenvalue weighted by atomic mass is 10.1. The van der Waals surface area contributed by atoms with E-state index in [-0.39, 0.29) is 17.8 Å². The predicted octanol–water partition coefficient (Wildman–Crippen LogP) is 2.98. The molecule has 1 amide bonds. The van der Waals surface area contributed by atoms with Gasteiger partial charge in [-0.3, -0.25) is 4.99 Å². The van der Waals surface area contributed by atoms with E-state index in [1.54, 1.807) is 60.2 Å². The zero-order valence-electron chi connectivity index (χ0n) is 17.7. The molecular weight excluding hydrogens is 396 g/mol. The molecule has 0 radical (unpaired) electrons. The van der Waals surface area contributed by atoms with E-state index in [4.69, 9.17) is 18.9 Å². The Morgan fingerprint density at radius 2 is 2.00 bits per heavy atom. The van der Waals surface area contributed by atoms with Crippen LogP contribution in [0.4, 0.5) is 4.79 Å². The first-order valence-electron chi connectivity index (χ1n) is 9.26. The molecule has 0 bridgehead atoms. The summed E-state index contributed by atoms with van der Waals surface area (Å²) in [6, 6.07) is 5.28. The van der Waals surface area contributed by atoms with Crippen molar-refractivity contribution < 1.29 is 28.5 Å². The number of para-hydroxylation sites is 1. The van der Waals surface area contributed by atoms with Gasteiger partial charge in [-0.25, -0.2) is 9.59 Å². The number of methoxy groups -OCH3 is 1. The number of hydrogen-bond donors (Lipinski definition) is 0. The Kier molecular flexibility index (Phi) is 7.92. The number of nitrogens with zero attached hydrogens (tertiary/aromatic N) is 2. The van der Waals surface area contributed by atoms with E-state index in [9.17, 15) is 9.59 Å². The fourth-order valence-electron chi connectivity index (χ4n) is 2.40. The number of thioether (sulfide) groups is 1. The monoisotopic (exact) mass is 424 g/mol. The summed E-state index contributed by atoms with van der Waals surface area (Å²) in [6.07, 6.45) is -0.766. The maximum atomic E-state index is 12.5. The predicted molar refractivity (Wildman–Crippen MR) is 112 cm³/mol. The number of amides is 1. The zero-order valence-corrected chi connectivity index (χ0v) is 18.5. The molecule has 0 saturated heterocycles. The Morgan fingerprint density at radius 3 is 2.62 bits per heavy atom. The van der Waals surface area contributed by atoms with Gasteiger partial charge in [0.1, 0.15) is 11.7 Å². The molecule has 2 rings (SSSR count). The van der Waals surface area contributed by atoms with E-state index in [1.165, 1.54) is 16.7 Å². The number of esters is 1. The number of benzene rings is 1. The van der Waals surface area contributed by atoms with Gasteiger partial charge < -0.3 is 23.8 Å². The van der Waals surface area contributed by atoms with E-state index in [1.807, 2.05) is 0 Å². The van der Waals surface area contributed by atoms with Gasteiger partial charge in [0.05, 0.1) is 18.3 Å². The Hall–Kier alpha value is -2.26. The normalized spacial score (nSPS) is 18.4. The summed E-state index contributed by atoms with van der Waals surface area (Å²) in [5.41, 5.74) is -0.416. The summed E-state index contributed by atoms with van der Waals surface area (Å²) in [5.74, 6) is 0.713. The minimum Gasteiger partial charge on any atom is -0.487 e. The fraction of sp³-hybridized carbons (Fsp3) is 0.550. The highest BCUT2D eigenvalue weighted by molar-refractivity contribution is 8.14. The number of carbonyl (C=O) groups excluding carboxylic acids is 2. The van der Waals surface area contributed by atoms with Crippen LogP contribution < -0.4 is 9.47 Å². The molecule has 1 aromatic carbocycles. The molecule has 0 aliphatic carbocycles. The van der Waals surface area contributed by atoms with Crippen LogP contribution >= 0.6 is 11.8 Å². The second-order valence-electron chi connectivity index (χ2n) is 7.17. The van der Waals surface area contributed by atoms with Crippen molar-refractivity contribution >= 4 is 28.9 Å². The molecule has 0 unspecified atom stereocenters. The molecule has 9 heteroatoms. The standard InChI is InChI=1S/C20H28N2O6S/c1-13(2)27-18(23)20(3)12-29-17(21-20)14-8-7-9-15(26-11-10-25-6)16(14)28-19(24)22(4)5/h7-9,13H,10-12H2,1-6H3/t20-/m1/s1. The lowest BCUT2D eigenvalue weighted by molar-refractivity contribution is -0.152. The molecule has 29 heavy (non-hydrogen) atoms. The first-order valence-corrected chi connectivity index (χ1v) is 10.2. The highest BCUT2D eigenvalue weighted by Gasteiger charge is 2.41. The van der Waals surface area contributed by atoms with E-state index in [0.717, 1.165) is 0 Å². The van der Waals surface area contributed by atoms with Gasteiger partial charge in [-0.1, -0.05) is 6.07 Å². The summed E-state index contributed by atoms with van der Waals surface area (Å²) in [5, 5.41) is 0.590. The lowest BCUT2D eigenvalue weighted by Crippen LogP contribution is -2.37. The van der Waals surface area contributed by atoms with Crippen molar-refractivity contribution in [2.75, 3.05) is 40.2 Å². The third kappa shape index (κ3) is 5.86. The number of hydrogen-bond acceptors (Lipinski definition) is 8. The van der Waals surface area contributed by atoms with Gasteiger partial charge in [-0.2, -0.15) is 0 Å². The molecule has 1 atom stereocenters. The van der Waals surface area contributed by atoms with Crippen LogP contribution in [0, 0.1) is 0 Å². The van der Waals surface area contributed by atoms with Crippen LogP contribution in [-0.4, -0.2) is 73.8 Å². The number of ether oxygens (including phenoxy) is 4. The first kappa shape index (κ1) is 23.0. The number of rotatable bonds is 8. The van der Waals surface area contributed by atoms with Gasteiger partial charge >= 0.3 is 12.1 Å². The summed E-state index contributed by atoms with van der Waals surface area (Å²) < 4.78 is 21.7. The molecule has 1 aliphatic rings. The third-order valence-electron chi connectivity index (χ3n) is 3.93. The van der Waals surface area contributed by atoms with E-state index in [2.05, 4.69) is 4.99 Å². The second kappa shape index (κ2) is 9.98.